The summed E-state index contributed by atoms with van der Waals surface area (Å²) in [6, 6.07) is 11.8. The number of fused-ring (bicyclic) bond motifs is 1. The number of nitrogens with one attached hydrogen (secondary N) is 1. The number of carbonyl (C=O) groups excluding carboxylic acids is 2. The molecule has 0 fully saturated rings. The van der Waals surface area contributed by atoms with Crippen molar-refractivity contribution in [2.45, 2.75) is 20.3 Å². The molecular formula is C21H18FN3O2S. The second-order valence-electron chi connectivity index (χ2n) is 6.62. The van der Waals surface area contributed by atoms with E-state index in [4.69, 9.17) is 0 Å². The molecule has 2 amide bonds. The van der Waals surface area contributed by atoms with E-state index in [1.807, 2.05) is 25.1 Å². The molecule has 5 nitrogen and oxygen atoms in total. The maximum Gasteiger partial charge on any atom is 0.260 e. The molecule has 1 aliphatic rings. The summed E-state index contributed by atoms with van der Waals surface area (Å²) in [5, 5.41) is 3.10. The molecule has 4 rings (SSSR count). The number of benzene rings is 2. The SMILES string of the molecule is CC(=O)N1CCc2cc(-c3nc(NC(=O)c4ccccc4F)sc3C)ccc21. The van der Waals surface area contributed by atoms with Gasteiger partial charge in [0.25, 0.3) is 5.91 Å². The van der Waals surface area contributed by atoms with Crippen LogP contribution in [0.4, 0.5) is 15.2 Å². The lowest BCUT2D eigenvalue weighted by atomic mass is 10.1. The Bertz CT molecular complexity index is 1090. The van der Waals surface area contributed by atoms with Crippen molar-refractivity contribution in [2.75, 3.05) is 16.8 Å². The van der Waals surface area contributed by atoms with E-state index in [-0.39, 0.29) is 11.5 Å². The summed E-state index contributed by atoms with van der Waals surface area (Å²) in [6.07, 6.45) is 0.808. The summed E-state index contributed by atoms with van der Waals surface area (Å²) in [6.45, 7) is 4.19. The monoisotopic (exact) mass is 395 g/mol. The van der Waals surface area contributed by atoms with Gasteiger partial charge in [-0.25, -0.2) is 9.37 Å². The second-order valence-corrected chi connectivity index (χ2v) is 7.83. The largest absolute Gasteiger partial charge is 0.312 e. The van der Waals surface area contributed by atoms with Crippen molar-refractivity contribution >= 4 is 34.0 Å². The molecule has 0 saturated carbocycles. The normalized spacial score (nSPS) is 12.8. The van der Waals surface area contributed by atoms with Crippen LogP contribution in [0.25, 0.3) is 11.3 Å². The Balaban J connectivity index is 1.60. The fraction of sp³-hybridized carbons (Fsp3) is 0.190. The van der Waals surface area contributed by atoms with Crippen LogP contribution in [0.5, 0.6) is 0 Å². The highest BCUT2D eigenvalue weighted by atomic mass is 32.1. The number of aryl methyl sites for hydroxylation is 1. The molecule has 0 spiro atoms. The maximum atomic E-state index is 13.8. The van der Waals surface area contributed by atoms with Crippen LogP contribution in [-0.4, -0.2) is 23.3 Å². The van der Waals surface area contributed by atoms with Crippen molar-refractivity contribution in [1.29, 1.82) is 0 Å². The molecule has 1 aliphatic heterocycles. The van der Waals surface area contributed by atoms with Crippen molar-refractivity contribution in [3.8, 4) is 11.3 Å². The number of carbonyl (C=O) groups is 2. The third kappa shape index (κ3) is 3.29. The molecule has 0 unspecified atom stereocenters. The first kappa shape index (κ1) is 18.3. The molecule has 0 radical (unpaired) electrons. The van der Waals surface area contributed by atoms with Crippen molar-refractivity contribution in [3.63, 3.8) is 0 Å². The predicted octanol–water partition coefficient (Wildman–Crippen LogP) is 4.42. The highest BCUT2D eigenvalue weighted by Crippen LogP contribution is 2.35. The van der Waals surface area contributed by atoms with Gasteiger partial charge in [0.05, 0.1) is 11.3 Å². The third-order valence-corrected chi connectivity index (χ3v) is 5.65. The van der Waals surface area contributed by atoms with Gasteiger partial charge in [-0.3, -0.25) is 14.9 Å². The molecule has 7 heteroatoms. The number of rotatable bonds is 3. The molecule has 0 aliphatic carbocycles. The van der Waals surface area contributed by atoms with Crippen LogP contribution in [-0.2, 0) is 11.2 Å². The van der Waals surface area contributed by atoms with Gasteiger partial charge in [0.15, 0.2) is 5.13 Å². The highest BCUT2D eigenvalue weighted by molar-refractivity contribution is 7.16. The van der Waals surface area contributed by atoms with Crippen LogP contribution < -0.4 is 10.2 Å². The number of nitrogens with zero attached hydrogens (tertiary/aromatic N) is 2. The molecule has 28 heavy (non-hydrogen) atoms. The number of amides is 2. The third-order valence-electron chi connectivity index (χ3n) is 4.76. The molecule has 0 bridgehead atoms. The Morgan fingerprint density at radius 3 is 2.75 bits per heavy atom. The number of anilines is 2. The minimum absolute atomic E-state index is 0.0150. The molecule has 3 aromatic rings. The Kier molecular flexibility index (Phi) is 4.68. The summed E-state index contributed by atoms with van der Waals surface area (Å²) in [5.74, 6) is -1.05. The van der Waals surface area contributed by atoms with Crippen LogP contribution in [0.15, 0.2) is 42.5 Å². The summed E-state index contributed by atoms with van der Waals surface area (Å²) >= 11 is 1.35. The van der Waals surface area contributed by atoms with Crippen molar-refractivity contribution in [1.82, 2.24) is 4.98 Å². The molecule has 0 atom stereocenters. The predicted molar refractivity (Wildman–Crippen MR) is 108 cm³/mol. The van der Waals surface area contributed by atoms with Gasteiger partial charge in [-0.15, -0.1) is 11.3 Å². The average Bonchev–Trinajstić information content (AvgIpc) is 3.24. The van der Waals surface area contributed by atoms with Gasteiger partial charge in [-0.1, -0.05) is 18.2 Å². The van der Waals surface area contributed by atoms with E-state index in [0.29, 0.717) is 11.7 Å². The molecular weight excluding hydrogens is 377 g/mol. The van der Waals surface area contributed by atoms with Crippen LogP contribution in [0.2, 0.25) is 0 Å². The van der Waals surface area contributed by atoms with E-state index in [2.05, 4.69) is 10.3 Å². The van der Waals surface area contributed by atoms with E-state index in [1.165, 1.54) is 23.5 Å². The summed E-state index contributed by atoms with van der Waals surface area (Å²) < 4.78 is 13.8. The first-order valence-electron chi connectivity index (χ1n) is 8.89. The Morgan fingerprint density at radius 2 is 2.00 bits per heavy atom. The fourth-order valence-electron chi connectivity index (χ4n) is 3.40. The number of halogens is 1. The average molecular weight is 395 g/mol. The van der Waals surface area contributed by atoms with Crippen molar-refractivity contribution in [2.24, 2.45) is 0 Å². The molecule has 142 valence electrons. The van der Waals surface area contributed by atoms with Crippen LogP contribution >= 0.6 is 11.3 Å². The number of thiazole rings is 1. The summed E-state index contributed by atoms with van der Waals surface area (Å²) in [5.41, 5.74) is 3.75. The van der Waals surface area contributed by atoms with Gasteiger partial charge in [0.1, 0.15) is 5.82 Å². The topological polar surface area (TPSA) is 62.3 Å². The molecule has 1 N–H and O–H groups in total. The lowest BCUT2D eigenvalue weighted by Crippen LogP contribution is -2.25. The van der Waals surface area contributed by atoms with Gasteiger partial charge in [-0.2, -0.15) is 0 Å². The minimum Gasteiger partial charge on any atom is -0.312 e. The van der Waals surface area contributed by atoms with E-state index in [9.17, 15) is 14.0 Å². The van der Waals surface area contributed by atoms with Gasteiger partial charge in [0, 0.05) is 29.6 Å². The van der Waals surface area contributed by atoms with E-state index in [1.54, 1.807) is 24.0 Å². The smallest absolute Gasteiger partial charge is 0.260 e. The Labute approximate surface area is 165 Å². The molecule has 2 aromatic carbocycles. The van der Waals surface area contributed by atoms with Gasteiger partial charge in [0.2, 0.25) is 5.91 Å². The molecule has 2 heterocycles. The van der Waals surface area contributed by atoms with E-state index < -0.39 is 11.7 Å². The lowest BCUT2D eigenvalue weighted by Gasteiger charge is -2.14. The maximum absolute atomic E-state index is 13.8. The second kappa shape index (κ2) is 7.16. The zero-order chi connectivity index (χ0) is 19.8. The fourth-order valence-corrected chi connectivity index (χ4v) is 4.23. The van der Waals surface area contributed by atoms with Crippen molar-refractivity contribution in [3.05, 3.63) is 64.3 Å². The molecule has 1 aromatic heterocycles. The lowest BCUT2D eigenvalue weighted by molar-refractivity contribution is -0.116. The van der Waals surface area contributed by atoms with Crippen molar-refractivity contribution < 1.29 is 14.0 Å². The summed E-state index contributed by atoms with van der Waals surface area (Å²) in [4.78, 5) is 31.3. The zero-order valence-corrected chi connectivity index (χ0v) is 16.3. The zero-order valence-electron chi connectivity index (χ0n) is 15.5. The first-order chi connectivity index (χ1) is 13.4. The standard InChI is InChI=1S/C21H18FN3O2S/c1-12-19(15-7-8-18-14(11-15)9-10-25(18)13(2)26)23-21(28-12)24-20(27)16-5-3-4-6-17(16)22/h3-8,11H,9-10H2,1-2H3,(H,23,24,27). The van der Waals surface area contributed by atoms with Crippen LogP contribution in [0.1, 0.15) is 27.7 Å². The van der Waals surface area contributed by atoms with Gasteiger partial charge >= 0.3 is 0 Å². The minimum atomic E-state index is -0.567. The number of aromatic nitrogens is 1. The first-order valence-corrected chi connectivity index (χ1v) is 9.70. The van der Waals surface area contributed by atoms with E-state index >= 15 is 0 Å². The van der Waals surface area contributed by atoms with Crippen LogP contribution in [0.3, 0.4) is 0 Å². The quantitative estimate of drug-likeness (QED) is 0.714. The number of hydrogen-bond acceptors (Lipinski definition) is 4. The highest BCUT2D eigenvalue weighted by Gasteiger charge is 2.23. The van der Waals surface area contributed by atoms with Gasteiger partial charge in [-0.05, 0) is 43.2 Å². The summed E-state index contributed by atoms with van der Waals surface area (Å²) in [7, 11) is 0. The Morgan fingerprint density at radius 1 is 1.21 bits per heavy atom. The molecule has 0 saturated heterocycles. The van der Waals surface area contributed by atoms with Gasteiger partial charge < -0.3 is 4.90 Å². The van der Waals surface area contributed by atoms with E-state index in [0.717, 1.165) is 33.8 Å². The Hall–Kier alpha value is -3.06. The number of hydrogen-bond donors (Lipinski definition) is 1. The van der Waals surface area contributed by atoms with Crippen LogP contribution in [0, 0.1) is 12.7 Å².